The number of carboxylic acids is 1. The van der Waals surface area contributed by atoms with Gasteiger partial charge in [-0.2, -0.15) is 0 Å². The Hall–Kier alpha value is -1.55. The van der Waals surface area contributed by atoms with E-state index in [1.54, 1.807) is 0 Å². The fourth-order valence-corrected chi connectivity index (χ4v) is 1.22. The average molecular weight is 231 g/mol. The van der Waals surface area contributed by atoms with E-state index in [-0.39, 0.29) is 16.3 Å². The number of aliphatic carboxylic acids is 1. The van der Waals surface area contributed by atoms with Gasteiger partial charge in [0.25, 0.3) is 0 Å². The van der Waals surface area contributed by atoms with E-state index in [2.05, 4.69) is 0 Å². The molecule has 15 heavy (non-hydrogen) atoms. The summed E-state index contributed by atoms with van der Waals surface area (Å²) in [6.07, 6.45) is 0.794. The summed E-state index contributed by atoms with van der Waals surface area (Å²) in [5, 5.41) is 8.40. The first kappa shape index (κ1) is 11.5. The van der Waals surface area contributed by atoms with Crippen LogP contribution in [0.1, 0.15) is 5.56 Å². The molecule has 0 aromatic heterocycles. The number of carboxylic acid groups (broad SMARTS) is 1. The van der Waals surface area contributed by atoms with Crippen molar-refractivity contribution in [3.8, 4) is 5.75 Å². The van der Waals surface area contributed by atoms with Gasteiger partial charge in [0.1, 0.15) is 0 Å². The molecule has 0 heterocycles. The first-order valence-corrected chi connectivity index (χ1v) is 4.36. The molecule has 0 aliphatic rings. The summed E-state index contributed by atoms with van der Waals surface area (Å²) in [7, 11) is 1.34. The van der Waals surface area contributed by atoms with Gasteiger partial charge in [-0.25, -0.2) is 9.18 Å². The standard InChI is InChI=1S/C10H8ClFO3/c1-15-9-3-2-6(4-8(9)12)7(11)5-10(13)14/h2-5H,1H3,(H,13,14)/b7-5-. The number of benzene rings is 1. The van der Waals surface area contributed by atoms with Gasteiger partial charge in [0.05, 0.1) is 12.1 Å². The average Bonchev–Trinajstić information content (AvgIpc) is 2.16. The molecule has 0 unspecified atom stereocenters. The van der Waals surface area contributed by atoms with Crippen LogP contribution in [0.25, 0.3) is 5.03 Å². The Bertz CT molecular complexity index is 415. The molecule has 0 aliphatic carbocycles. The molecule has 80 valence electrons. The highest BCUT2D eigenvalue weighted by Gasteiger charge is 2.06. The number of hydrogen-bond donors (Lipinski definition) is 1. The van der Waals surface area contributed by atoms with Crippen LogP contribution in [0, 0.1) is 5.82 Å². The van der Waals surface area contributed by atoms with Crippen LogP contribution in [0.15, 0.2) is 24.3 Å². The third-order valence-electron chi connectivity index (χ3n) is 1.68. The van der Waals surface area contributed by atoms with E-state index < -0.39 is 11.8 Å². The molecule has 0 bridgehead atoms. The van der Waals surface area contributed by atoms with Crippen molar-refractivity contribution in [2.24, 2.45) is 0 Å². The minimum atomic E-state index is -1.18. The van der Waals surface area contributed by atoms with E-state index in [0.29, 0.717) is 0 Å². The van der Waals surface area contributed by atoms with Crippen molar-refractivity contribution in [3.63, 3.8) is 0 Å². The molecule has 5 heteroatoms. The predicted octanol–water partition coefficient (Wildman–Crippen LogP) is 2.50. The SMILES string of the molecule is COc1ccc(/C(Cl)=C/C(=O)O)cc1F. The fourth-order valence-electron chi connectivity index (χ4n) is 1.01. The molecule has 1 aromatic rings. The second-order valence-corrected chi connectivity index (χ2v) is 3.09. The van der Waals surface area contributed by atoms with Crippen LogP contribution in [0.3, 0.4) is 0 Å². The van der Waals surface area contributed by atoms with E-state index in [0.717, 1.165) is 12.1 Å². The first-order chi connectivity index (χ1) is 7.04. The van der Waals surface area contributed by atoms with Crippen molar-refractivity contribution in [1.82, 2.24) is 0 Å². The van der Waals surface area contributed by atoms with Crippen molar-refractivity contribution in [3.05, 3.63) is 35.7 Å². The summed E-state index contributed by atoms with van der Waals surface area (Å²) >= 11 is 5.64. The molecular weight excluding hydrogens is 223 g/mol. The molecule has 0 aliphatic heterocycles. The molecule has 0 radical (unpaired) electrons. The van der Waals surface area contributed by atoms with Gasteiger partial charge >= 0.3 is 5.97 Å². The molecule has 0 atom stereocenters. The Kier molecular flexibility index (Phi) is 3.68. The monoisotopic (exact) mass is 230 g/mol. The summed E-state index contributed by atoms with van der Waals surface area (Å²) < 4.78 is 17.9. The number of hydrogen-bond acceptors (Lipinski definition) is 2. The summed E-state index contributed by atoms with van der Waals surface area (Å²) in [5.41, 5.74) is 0.289. The number of methoxy groups -OCH3 is 1. The fraction of sp³-hybridized carbons (Fsp3) is 0.100. The Labute approximate surface area is 90.7 Å². The molecule has 0 fully saturated rings. The molecule has 0 amide bonds. The predicted molar refractivity (Wildman–Crippen MR) is 54.4 cm³/mol. The third-order valence-corrected chi connectivity index (χ3v) is 2.01. The Morgan fingerprint density at radius 2 is 2.27 bits per heavy atom. The van der Waals surface area contributed by atoms with Gasteiger partial charge in [-0.1, -0.05) is 11.6 Å². The molecular formula is C10H8ClFO3. The number of carbonyl (C=O) groups is 1. The lowest BCUT2D eigenvalue weighted by Crippen LogP contribution is -1.91. The maximum Gasteiger partial charge on any atom is 0.329 e. The lowest BCUT2D eigenvalue weighted by Gasteiger charge is -2.03. The van der Waals surface area contributed by atoms with Gasteiger partial charge < -0.3 is 9.84 Å². The van der Waals surface area contributed by atoms with Gasteiger partial charge in [0, 0.05) is 6.08 Å². The van der Waals surface area contributed by atoms with Crippen molar-refractivity contribution >= 4 is 22.6 Å². The maximum atomic E-state index is 13.2. The van der Waals surface area contributed by atoms with Crippen LogP contribution in [0.5, 0.6) is 5.75 Å². The number of ether oxygens (including phenoxy) is 1. The van der Waals surface area contributed by atoms with E-state index in [1.807, 2.05) is 0 Å². The van der Waals surface area contributed by atoms with Gasteiger partial charge in [-0.3, -0.25) is 0 Å². The van der Waals surface area contributed by atoms with E-state index in [1.165, 1.54) is 19.2 Å². The quantitative estimate of drug-likeness (QED) is 0.812. The summed E-state index contributed by atoms with van der Waals surface area (Å²) in [4.78, 5) is 10.3. The zero-order valence-corrected chi connectivity index (χ0v) is 8.58. The van der Waals surface area contributed by atoms with Gasteiger partial charge in [0.15, 0.2) is 11.6 Å². The zero-order chi connectivity index (χ0) is 11.4. The van der Waals surface area contributed by atoms with Crippen LogP contribution < -0.4 is 4.74 Å². The zero-order valence-electron chi connectivity index (χ0n) is 7.83. The van der Waals surface area contributed by atoms with Crippen molar-refractivity contribution in [2.45, 2.75) is 0 Å². The highest BCUT2D eigenvalue weighted by atomic mass is 35.5. The highest BCUT2D eigenvalue weighted by molar-refractivity contribution is 6.50. The lowest BCUT2D eigenvalue weighted by atomic mass is 10.2. The Morgan fingerprint density at radius 1 is 1.60 bits per heavy atom. The molecule has 1 N–H and O–H groups in total. The smallest absolute Gasteiger partial charge is 0.329 e. The number of rotatable bonds is 3. The van der Waals surface area contributed by atoms with Crippen LogP contribution in [-0.4, -0.2) is 18.2 Å². The second-order valence-electron chi connectivity index (χ2n) is 2.68. The normalized spacial score (nSPS) is 11.3. The van der Waals surface area contributed by atoms with Crippen molar-refractivity contribution in [1.29, 1.82) is 0 Å². The molecule has 0 saturated heterocycles. The van der Waals surface area contributed by atoms with Crippen LogP contribution in [0.2, 0.25) is 0 Å². The topological polar surface area (TPSA) is 46.5 Å². The van der Waals surface area contributed by atoms with Crippen LogP contribution in [0.4, 0.5) is 4.39 Å². The van der Waals surface area contributed by atoms with Crippen molar-refractivity contribution < 1.29 is 19.0 Å². The highest BCUT2D eigenvalue weighted by Crippen LogP contribution is 2.24. The lowest BCUT2D eigenvalue weighted by molar-refractivity contribution is -0.131. The maximum absolute atomic E-state index is 13.2. The van der Waals surface area contributed by atoms with E-state index >= 15 is 0 Å². The van der Waals surface area contributed by atoms with Crippen molar-refractivity contribution in [2.75, 3.05) is 7.11 Å². The summed E-state index contributed by atoms with van der Waals surface area (Å²) in [6.45, 7) is 0. The molecule has 3 nitrogen and oxygen atoms in total. The summed E-state index contributed by atoms with van der Waals surface area (Å²) in [6, 6.07) is 3.97. The van der Waals surface area contributed by atoms with Crippen LogP contribution in [-0.2, 0) is 4.79 Å². The second kappa shape index (κ2) is 4.79. The Balaban J connectivity index is 3.07. The minimum absolute atomic E-state index is 0.0379. The minimum Gasteiger partial charge on any atom is -0.494 e. The van der Waals surface area contributed by atoms with E-state index in [9.17, 15) is 9.18 Å². The third kappa shape index (κ3) is 2.95. The Morgan fingerprint density at radius 3 is 2.73 bits per heavy atom. The molecule has 0 spiro atoms. The molecule has 1 aromatic carbocycles. The van der Waals surface area contributed by atoms with Gasteiger partial charge in [-0.15, -0.1) is 0 Å². The largest absolute Gasteiger partial charge is 0.494 e. The van der Waals surface area contributed by atoms with Gasteiger partial charge in [-0.05, 0) is 23.8 Å². The van der Waals surface area contributed by atoms with E-state index in [4.69, 9.17) is 21.4 Å². The van der Waals surface area contributed by atoms with Gasteiger partial charge in [0.2, 0.25) is 0 Å². The molecule has 0 saturated carbocycles. The summed E-state index contributed by atoms with van der Waals surface area (Å²) in [5.74, 6) is -1.69. The first-order valence-electron chi connectivity index (χ1n) is 3.98. The number of halogens is 2. The molecule has 1 rings (SSSR count). The van der Waals surface area contributed by atoms with Crippen LogP contribution >= 0.6 is 11.6 Å².